The topological polar surface area (TPSA) is 237 Å². The first-order valence-corrected chi connectivity index (χ1v) is 40.1. The molecule has 0 aromatic rings. The van der Waals surface area contributed by atoms with Gasteiger partial charge in [-0.15, -0.1) is 0 Å². The van der Waals surface area contributed by atoms with Gasteiger partial charge in [-0.1, -0.05) is 317 Å². The molecule has 90 heavy (non-hydrogen) atoms. The van der Waals surface area contributed by atoms with Crippen molar-refractivity contribution in [3.05, 3.63) is 0 Å². The lowest BCUT2D eigenvalue weighted by Gasteiger charge is -2.21. The van der Waals surface area contributed by atoms with Crippen molar-refractivity contribution in [2.24, 2.45) is 5.92 Å². The summed E-state index contributed by atoms with van der Waals surface area (Å²) in [6.07, 6.45) is 51.7. The summed E-state index contributed by atoms with van der Waals surface area (Å²) in [5, 5.41) is 10.6. The smallest absolute Gasteiger partial charge is 0.462 e. The van der Waals surface area contributed by atoms with Crippen molar-refractivity contribution < 1.29 is 80.2 Å². The summed E-state index contributed by atoms with van der Waals surface area (Å²) in [6, 6.07) is 0. The van der Waals surface area contributed by atoms with Crippen molar-refractivity contribution in [2.75, 3.05) is 39.6 Å². The van der Waals surface area contributed by atoms with E-state index in [2.05, 4.69) is 34.6 Å². The molecule has 0 bridgehead atoms. The van der Waals surface area contributed by atoms with Crippen LogP contribution in [0.15, 0.2) is 0 Å². The first-order chi connectivity index (χ1) is 43.5. The second-order valence-electron chi connectivity index (χ2n) is 26.1. The molecule has 2 unspecified atom stereocenters. The Balaban J connectivity index is 5.13. The van der Waals surface area contributed by atoms with Crippen LogP contribution in [0.4, 0.5) is 0 Å². The van der Waals surface area contributed by atoms with Gasteiger partial charge < -0.3 is 33.8 Å². The molecule has 0 amide bonds. The molecule has 0 rings (SSSR count). The Morgan fingerprint density at radius 2 is 0.511 bits per heavy atom. The third kappa shape index (κ3) is 64.8. The van der Waals surface area contributed by atoms with Gasteiger partial charge in [0.05, 0.1) is 26.4 Å². The predicted molar refractivity (Wildman–Crippen MR) is 363 cm³/mol. The van der Waals surface area contributed by atoms with Gasteiger partial charge in [0, 0.05) is 25.7 Å². The largest absolute Gasteiger partial charge is 0.472 e. The molecular weight excluding hydrogens is 1190 g/mol. The number of unbranched alkanes of at least 4 members (excludes halogenated alkanes) is 43. The van der Waals surface area contributed by atoms with Crippen LogP contribution in [0.5, 0.6) is 0 Å². The van der Waals surface area contributed by atoms with Crippen molar-refractivity contribution in [1.82, 2.24) is 0 Å². The fourth-order valence-electron chi connectivity index (χ4n) is 10.8. The molecule has 0 spiro atoms. The van der Waals surface area contributed by atoms with Crippen LogP contribution in [0.25, 0.3) is 0 Å². The highest BCUT2D eigenvalue weighted by molar-refractivity contribution is 7.47. The molecule has 19 heteroatoms. The van der Waals surface area contributed by atoms with E-state index in [9.17, 15) is 43.2 Å². The number of ether oxygens (including phenoxy) is 4. The Bertz CT molecular complexity index is 1740. The van der Waals surface area contributed by atoms with Gasteiger partial charge in [-0.3, -0.25) is 37.3 Å². The molecule has 0 aliphatic heterocycles. The van der Waals surface area contributed by atoms with Crippen molar-refractivity contribution >= 4 is 39.5 Å². The molecule has 0 aliphatic carbocycles. The van der Waals surface area contributed by atoms with Crippen LogP contribution < -0.4 is 0 Å². The Morgan fingerprint density at radius 3 is 0.756 bits per heavy atom. The Hall–Kier alpha value is -1.94. The standard InChI is InChI=1S/C71H138O17P2/c1-6-9-12-15-17-19-21-23-24-25-26-27-28-30-32-38-42-47-52-57-71(76)88-67(61-82-69(74)55-50-45-40-36-34-33-35-39-44-48-53-64(4)5)63-86-90(79,80)84-59-65(72)58-83-89(77,78)85-62-66(60-81-68(73)54-49-43-14-11-8-3)87-70(75)56-51-46-41-37-31-29-22-20-18-16-13-10-7-2/h64-67,72H,6-63H2,1-5H3,(H,77,78)(H,79,80)/t65-,66+,67+/m0/s1. The zero-order valence-corrected chi connectivity index (χ0v) is 60.1. The highest BCUT2D eigenvalue weighted by Crippen LogP contribution is 2.45. The number of phosphoric acid groups is 2. The number of rotatable bonds is 71. The Kier molecular flexibility index (Phi) is 63.0. The predicted octanol–water partition coefficient (Wildman–Crippen LogP) is 20.5. The molecule has 5 atom stereocenters. The van der Waals surface area contributed by atoms with E-state index in [0.29, 0.717) is 25.7 Å². The third-order valence-corrected chi connectivity index (χ3v) is 18.4. The lowest BCUT2D eigenvalue weighted by Crippen LogP contribution is -2.30. The maximum absolute atomic E-state index is 13.0. The monoisotopic (exact) mass is 1320 g/mol. The minimum atomic E-state index is -4.95. The van der Waals surface area contributed by atoms with Crippen LogP contribution in [0.2, 0.25) is 0 Å². The van der Waals surface area contributed by atoms with E-state index >= 15 is 0 Å². The van der Waals surface area contributed by atoms with Crippen LogP contribution in [0.1, 0.15) is 369 Å². The summed E-state index contributed by atoms with van der Waals surface area (Å²) in [5.41, 5.74) is 0. The summed E-state index contributed by atoms with van der Waals surface area (Å²) in [5.74, 6) is -1.37. The quantitative estimate of drug-likeness (QED) is 0.0222. The van der Waals surface area contributed by atoms with Crippen LogP contribution in [-0.2, 0) is 65.4 Å². The van der Waals surface area contributed by atoms with Crippen molar-refractivity contribution in [3.8, 4) is 0 Å². The highest BCUT2D eigenvalue weighted by Gasteiger charge is 2.30. The van der Waals surface area contributed by atoms with Gasteiger partial charge in [-0.05, 0) is 31.6 Å². The van der Waals surface area contributed by atoms with Crippen LogP contribution in [0.3, 0.4) is 0 Å². The van der Waals surface area contributed by atoms with Crippen LogP contribution in [-0.4, -0.2) is 96.7 Å². The van der Waals surface area contributed by atoms with Crippen molar-refractivity contribution in [3.63, 3.8) is 0 Å². The number of carbonyl (C=O) groups excluding carboxylic acids is 4. The van der Waals surface area contributed by atoms with Gasteiger partial charge in [0.15, 0.2) is 12.2 Å². The summed E-state index contributed by atoms with van der Waals surface area (Å²) >= 11 is 0. The molecular formula is C71H138O17P2. The van der Waals surface area contributed by atoms with E-state index in [1.807, 2.05) is 0 Å². The zero-order valence-electron chi connectivity index (χ0n) is 58.3. The number of aliphatic hydroxyl groups excluding tert-OH is 1. The maximum atomic E-state index is 13.0. The van der Waals surface area contributed by atoms with E-state index in [4.69, 9.17) is 37.0 Å². The Morgan fingerprint density at radius 1 is 0.300 bits per heavy atom. The van der Waals surface area contributed by atoms with Crippen molar-refractivity contribution in [1.29, 1.82) is 0 Å². The summed E-state index contributed by atoms with van der Waals surface area (Å²) in [4.78, 5) is 72.3. The van der Waals surface area contributed by atoms with E-state index < -0.39 is 97.5 Å². The number of hydrogen-bond acceptors (Lipinski definition) is 15. The van der Waals surface area contributed by atoms with E-state index in [1.165, 1.54) is 186 Å². The third-order valence-electron chi connectivity index (χ3n) is 16.5. The second-order valence-corrected chi connectivity index (χ2v) is 29.0. The van der Waals surface area contributed by atoms with Crippen molar-refractivity contribution in [2.45, 2.75) is 387 Å². The highest BCUT2D eigenvalue weighted by atomic mass is 31.2. The molecule has 0 aliphatic rings. The lowest BCUT2D eigenvalue weighted by atomic mass is 10.0. The molecule has 3 N–H and O–H groups in total. The molecule has 0 saturated carbocycles. The van der Waals surface area contributed by atoms with Gasteiger partial charge in [0.2, 0.25) is 0 Å². The summed E-state index contributed by atoms with van der Waals surface area (Å²) < 4.78 is 68.1. The van der Waals surface area contributed by atoms with Gasteiger partial charge in [-0.25, -0.2) is 9.13 Å². The average Bonchev–Trinajstić information content (AvgIpc) is 3.73. The Labute approximate surface area is 549 Å². The number of phosphoric ester groups is 2. The fourth-order valence-corrected chi connectivity index (χ4v) is 12.4. The molecule has 0 aromatic heterocycles. The summed E-state index contributed by atoms with van der Waals surface area (Å²) in [7, 11) is -9.89. The minimum absolute atomic E-state index is 0.107. The molecule has 0 fully saturated rings. The SMILES string of the molecule is CCCCCCCCCCCCCCCCCCCCCC(=O)O[C@H](COC(=O)CCCCCCCCCCCCC(C)C)COP(=O)(O)OC[C@@H](O)COP(=O)(O)OC[C@@H](COC(=O)CCCCCCC)OC(=O)CCCCCCCCCCCCCCC. The molecule has 0 aromatic carbocycles. The number of carbonyl (C=O) groups is 4. The number of esters is 4. The van der Waals surface area contributed by atoms with Gasteiger partial charge in [0.25, 0.3) is 0 Å². The van der Waals surface area contributed by atoms with Gasteiger partial charge in [-0.2, -0.15) is 0 Å². The van der Waals surface area contributed by atoms with Gasteiger partial charge >= 0.3 is 39.5 Å². The molecule has 534 valence electrons. The summed E-state index contributed by atoms with van der Waals surface area (Å²) in [6.45, 7) is 7.16. The van der Waals surface area contributed by atoms with Crippen LogP contribution >= 0.6 is 15.6 Å². The molecule has 0 radical (unpaired) electrons. The number of hydrogen-bond donors (Lipinski definition) is 3. The molecule has 17 nitrogen and oxygen atoms in total. The molecule has 0 saturated heterocycles. The fraction of sp³-hybridized carbons (Fsp3) is 0.944. The minimum Gasteiger partial charge on any atom is -0.462 e. The average molecular weight is 1330 g/mol. The first-order valence-electron chi connectivity index (χ1n) is 37.1. The lowest BCUT2D eigenvalue weighted by molar-refractivity contribution is -0.161. The number of aliphatic hydroxyl groups is 1. The van der Waals surface area contributed by atoms with E-state index in [0.717, 1.165) is 102 Å². The molecule has 0 heterocycles. The van der Waals surface area contributed by atoms with E-state index in [1.54, 1.807) is 0 Å². The first kappa shape index (κ1) is 88.1. The normalized spacial score (nSPS) is 14.1. The van der Waals surface area contributed by atoms with E-state index in [-0.39, 0.29) is 25.7 Å². The van der Waals surface area contributed by atoms with Gasteiger partial charge in [0.1, 0.15) is 19.3 Å². The second kappa shape index (κ2) is 64.4. The van der Waals surface area contributed by atoms with Crippen LogP contribution in [0, 0.1) is 5.92 Å². The maximum Gasteiger partial charge on any atom is 0.472 e. The zero-order chi connectivity index (χ0) is 66.3.